The molecule has 2 heterocycles. The van der Waals surface area contributed by atoms with Gasteiger partial charge in [0.1, 0.15) is 16.4 Å². The van der Waals surface area contributed by atoms with Crippen LogP contribution in [0.3, 0.4) is 0 Å². The van der Waals surface area contributed by atoms with Crippen LogP contribution in [0.5, 0.6) is 5.75 Å². The van der Waals surface area contributed by atoms with Crippen LogP contribution in [0.15, 0.2) is 23.1 Å². The highest BCUT2D eigenvalue weighted by Crippen LogP contribution is 2.42. The van der Waals surface area contributed by atoms with Crippen LogP contribution in [-0.4, -0.2) is 43.3 Å². The molecule has 1 saturated carbocycles. The number of fused-ring (bicyclic) bond motifs is 1. The third-order valence-electron chi connectivity index (χ3n) is 4.70. The van der Waals surface area contributed by atoms with Crippen molar-refractivity contribution < 1.29 is 14.9 Å². The van der Waals surface area contributed by atoms with Gasteiger partial charge in [0.05, 0.1) is 29.5 Å². The molecular formula is C19H23N3O3S2. The lowest BCUT2D eigenvalue weighted by Gasteiger charge is -2.31. The van der Waals surface area contributed by atoms with E-state index in [0.717, 1.165) is 45.4 Å². The highest BCUT2D eigenvalue weighted by Gasteiger charge is 2.29. The number of aromatic nitrogens is 3. The first-order valence-electron chi connectivity index (χ1n) is 8.88. The number of methoxy groups -OCH3 is 1. The van der Waals surface area contributed by atoms with E-state index in [1.807, 2.05) is 23.6 Å². The molecule has 0 unspecified atom stereocenters. The Hall–Kier alpha value is -1.61. The summed E-state index contributed by atoms with van der Waals surface area (Å²) in [4.78, 5) is 6.46. The van der Waals surface area contributed by atoms with Crippen molar-refractivity contribution in [3.8, 4) is 17.0 Å². The summed E-state index contributed by atoms with van der Waals surface area (Å²) in [5.74, 6) is 0.832. The van der Waals surface area contributed by atoms with E-state index in [9.17, 15) is 10.2 Å². The first-order chi connectivity index (χ1) is 12.8. The van der Waals surface area contributed by atoms with Gasteiger partial charge in [-0.25, -0.2) is 9.50 Å². The van der Waals surface area contributed by atoms with Gasteiger partial charge in [-0.15, -0.1) is 11.8 Å². The third-order valence-corrected chi connectivity index (χ3v) is 7.21. The minimum atomic E-state index is -0.997. The van der Waals surface area contributed by atoms with Crippen molar-refractivity contribution in [2.45, 2.75) is 55.5 Å². The highest BCUT2D eigenvalue weighted by atomic mass is 32.2. The summed E-state index contributed by atoms with van der Waals surface area (Å²) in [6, 6.07) is 6.08. The van der Waals surface area contributed by atoms with Crippen LogP contribution in [0.1, 0.15) is 37.4 Å². The molecule has 1 fully saturated rings. The number of benzene rings is 1. The van der Waals surface area contributed by atoms with Crippen molar-refractivity contribution in [2.24, 2.45) is 0 Å². The first kappa shape index (κ1) is 18.7. The van der Waals surface area contributed by atoms with Crippen LogP contribution in [0.2, 0.25) is 0 Å². The molecule has 1 aliphatic carbocycles. The maximum atomic E-state index is 10.3. The molecule has 27 heavy (non-hydrogen) atoms. The van der Waals surface area contributed by atoms with E-state index in [0.29, 0.717) is 10.3 Å². The maximum Gasteiger partial charge on any atom is 0.213 e. The molecule has 2 aromatic heterocycles. The molecule has 0 bridgehead atoms. The van der Waals surface area contributed by atoms with Gasteiger partial charge < -0.3 is 14.9 Å². The fourth-order valence-electron chi connectivity index (χ4n) is 3.16. The van der Waals surface area contributed by atoms with Gasteiger partial charge in [-0.05, 0) is 51.8 Å². The molecule has 2 N–H and O–H groups in total. The van der Waals surface area contributed by atoms with E-state index in [1.54, 1.807) is 32.7 Å². The van der Waals surface area contributed by atoms with Crippen molar-refractivity contribution in [2.75, 3.05) is 7.11 Å². The fraction of sp³-hybridized carbons (Fsp3) is 0.474. The first-order valence-corrected chi connectivity index (χ1v) is 10.6. The van der Waals surface area contributed by atoms with Gasteiger partial charge in [0.2, 0.25) is 4.96 Å². The molecule has 4 rings (SSSR count). The van der Waals surface area contributed by atoms with Crippen LogP contribution in [0, 0.1) is 6.92 Å². The van der Waals surface area contributed by atoms with E-state index >= 15 is 0 Å². The van der Waals surface area contributed by atoms with Gasteiger partial charge in [0, 0.05) is 10.8 Å². The number of rotatable bonds is 5. The Morgan fingerprint density at radius 1 is 1.33 bits per heavy atom. The minimum absolute atomic E-state index is 0.177. The zero-order chi connectivity index (χ0) is 19.3. The van der Waals surface area contributed by atoms with Crippen molar-refractivity contribution in [1.29, 1.82) is 0 Å². The SMILES string of the molecule is COc1ccc(-c2c(C)nc3sc(C(C)(C)O)nn23)cc1S[C@H]1C[C@@H](O)C1. The number of aliphatic hydroxyl groups is 2. The topological polar surface area (TPSA) is 79.9 Å². The van der Waals surface area contributed by atoms with Crippen LogP contribution in [0.25, 0.3) is 16.2 Å². The molecule has 3 aromatic rings. The molecule has 0 atom stereocenters. The normalized spacial score (nSPS) is 20.1. The zero-order valence-corrected chi connectivity index (χ0v) is 17.4. The van der Waals surface area contributed by atoms with Crippen molar-refractivity contribution >= 4 is 28.1 Å². The second kappa shape index (κ2) is 6.77. The highest BCUT2D eigenvalue weighted by molar-refractivity contribution is 8.00. The Kier molecular flexibility index (Phi) is 4.70. The predicted molar refractivity (Wildman–Crippen MR) is 108 cm³/mol. The summed E-state index contributed by atoms with van der Waals surface area (Å²) in [6.45, 7) is 5.43. The van der Waals surface area contributed by atoms with E-state index in [-0.39, 0.29) is 6.10 Å². The lowest BCUT2D eigenvalue weighted by atomic mass is 9.96. The van der Waals surface area contributed by atoms with Crippen molar-refractivity contribution in [1.82, 2.24) is 14.6 Å². The molecule has 0 amide bonds. The quantitative estimate of drug-likeness (QED) is 0.675. The third kappa shape index (κ3) is 3.47. The van der Waals surface area contributed by atoms with E-state index in [4.69, 9.17) is 4.74 Å². The molecule has 0 radical (unpaired) electrons. The minimum Gasteiger partial charge on any atom is -0.496 e. The molecular weight excluding hydrogens is 382 g/mol. The molecule has 6 nitrogen and oxygen atoms in total. The molecule has 144 valence electrons. The number of nitrogens with zero attached hydrogens (tertiary/aromatic N) is 3. The largest absolute Gasteiger partial charge is 0.496 e. The number of thioether (sulfide) groups is 1. The number of hydrogen-bond acceptors (Lipinski definition) is 7. The average Bonchev–Trinajstić information content (AvgIpc) is 3.10. The Morgan fingerprint density at radius 2 is 2.07 bits per heavy atom. The van der Waals surface area contributed by atoms with Crippen LogP contribution in [0.4, 0.5) is 0 Å². The molecule has 0 saturated heterocycles. The maximum absolute atomic E-state index is 10.3. The lowest BCUT2D eigenvalue weighted by molar-refractivity contribution is 0.0773. The standard InChI is InChI=1S/C19H23N3O3S2/c1-10-16(22-18(20-10)27-17(21-22)19(2,3)24)11-5-6-14(25-4)15(7-11)26-13-8-12(23)9-13/h5-7,12-13,23-24H,8-9H2,1-4H3/t12-,13+. The van der Waals surface area contributed by atoms with Crippen molar-refractivity contribution in [3.05, 3.63) is 28.9 Å². The molecule has 0 aliphatic heterocycles. The van der Waals surface area contributed by atoms with E-state index < -0.39 is 5.60 Å². The van der Waals surface area contributed by atoms with Crippen molar-refractivity contribution in [3.63, 3.8) is 0 Å². The van der Waals surface area contributed by atoms with Gasteiger partial charge >= 0.3 is 0 Å². The zero-order valence-electron chi connectivity index (χ0n) is 15.8. The van der Waals surface area contributed by atoms with Gasteiger partial charge in [0.25, 0.3) is 0 Å². The predicted octanol–water partition coefficient (Wildman–Crippen LogP) is 3.62. The fourth-order valence-corrected chi connectivity index (χ4v) is 5.56. The smallest absolute Gasteiger partial charge is 0.213 e. The van der Waals surface area contributed by atoms with Gasteiger partial charge in [-0.2, -0.15) is 5.10 Å². The monoisotopic (exact) mass is 405 g/mol. The van der Waals surface area contributed by atoms with Gasteiger partial charge in [0.15, 0.2) is 0 Å². The summed E-state index contributed by atoms with van der Waals surface area (Å²) in [5.41, 5.74) is 1.84. The number of hydrogen-bond donors (Lipinski definition) is 2. The summed E-state index contributed by atoms with van der Waals surface area (Å²) in [7, 11) is 1.67. The average molecular weight is 406 g/mol. The number of imidazole rings is 1. The van der Waals surface area contributed by atoms with Crippen LogP contribution < -0.4 is 4.74 Å². The Morgan fingerprint density at radius 3 is 2.70 bits per heavy atom. The summed E-state index contributed by atoms with van der Waals surface area (Å²) in [5, 5.41) is 25.5. The Labute approximate surface area is 166 Å². The summed E-state index contributed by atoms with van der Waals surface area (Å²) in [6.07, 6.45) is 1.45. The molecule has 1 aromatic carbocycles. The van der Waals surface area contributed by atoms with Gasteiger partial charge in [-0.3, -0.25) is 0 Å². The molecule has 8 heteroatoms. The summed E-state index contributed by atoms with van der Waals surface area (Å²) >= 11 is 3.15. The van der Waals surface area contributed by atoms with Crippen LogP contribution >= 0.6 is 23.1 Å². The number of ether oxygens (including phenoxy) is 1. The number of aryl methyl sites for hydroxylation is 1. The molecule has 0 spiro atoms. The Bertz CT molecular complexity index is 984. The second-order valence-corrected chi connectivity index (χ2v) is 9.74. The van der Waals surface area contributed by atoms with Crippen LogP contribution in [-0.2, 0) is 5.60 Å². The Balaban J connectivity index is 1.76. The van der Waals surface area contributed by atoms with E-state index in [2.05, 4.69) is 16.1 Å². The lowest BCUT2D eigenvalue weighted by Crippen LogP contribution is -2.30. The van der Waals surface area contributed by atoms with E-state index in [1.165, 1.54) is 11.3 Å². The van der Waals surface area contributed by atoms with Gasteiger partial charge in [-0.1, -0.05) is 11.3 Å². The molecule has 1 aliphatic rings. The second-order valence-electron chi connectivity index (χ2n) is 7.44. The number of aliphatic hydroxyl groups excluding tert-OH is 1. The summed E-state index contributed by atoms with van der Waals surface area (Å²) < 4.78 is 7.34.